The Morgan fingerprint density at radius 3 is 2.86 bits per heavy atom. The zero-order valence-corrected chi connectivity index (χ0v) is 8.96. The van der Waals surface area contributed by atoms with Crippen LogP contribution in [0.1, 0.15) is 31.7 Å². The summed E-state index contributed by atoms with van der Waals surface area (Å²) in [6, 6.07) is 4.70. The highest BCUT2D eigenvalue weighted by molar-refractivity contribution is 5.38. The maximum Gasteiger partial charge on any atom is 0.126 e. The fourth-order valence-corrected chi connectivity index (χ4v) is 1.91. The SMILES string of the molecule is Cc1ccnc(NC(C)C2CCC2)c1. The second kappa shape index (κ2) is 3.99. The van der Waals surface area contributed by atoms with Crippen molar-refractivity contribution in [1.82, 2.24) is 4.98 Å². The molecule has 1 saturated carbocycles. The van der Waals surface area contributed by atoms with Crippen LogP contribution < -0.4 is 5.32 Å². The van der Waals surface area contributed by atoms with Crippen LogP contribution in [0.25, 0.3) is 0 Å². The number of hydrogen-bond donors (Lipinski definition) is 1. The maximum absolute atomic E-state index is 4.31. The summed E-state index contributed by atoms with van der Waals surface area (Å²) < 4.78 is 0. The monoisotopic (exact) mass is 190 g/mol. The van der Waals surface area contributed by atoms with Crippen LogP contribution >= 0.6 is 0 Å². The molecule has 76 valence electrons. The first kappa shape index (κ1) is 9.50. The number of nitrogens with one attached hydrogen (secondary N) is 1. The molecule has 1 aliphatic rings. The summed E-state index contributed by atoms with van der Waals surface area (Å²) in [5.74, 6) is 1.88. The van der Waals surface area contributed by atoms with E-state index in [-0.39, 0.29) is 0 Å². The van der Waals surface area contributed by atoms with E-state index in [1.165, 1.54) is 24.8 Å². The van der Waals surface area contributed by atoms with Crippen LogP contribution in [-0.2, 0) is 0 Å². The van der Waals surface area contributed by atoms with Gasteiger partial charge in [0.1, 0.15) is 5.82 Å². The van der Waals surface area contributed by atoms with Crippen molar-refractivity contribution in [3.63, 3.8) is 0 Å². The molecule has 0 amide bonds. The molecule has 0 saturated heterocycles. The lowest BCUT2D eigenvalue weighted by atomic mass is 9.80. The summed E-state index contributed by atoms with van der Waals surface area (Å²) in [5, 5.41) is 3.47. The zero-order valence-electron chi connectivity index (χ0n) is 8.96. The van der Waals surface area contributed by atoms with Gasteiger partial charge < -0.3 is 5.32 Å². The molecule has 1 atom stereocenters. The third kappa shape index (κ3) is 2.06. The normalized spacial score (nSPS) is 18.7. The molecule has 2 rings (SSSR count). The van der Waals surface area contributed by atoms with Gasteiger partial charge >= 0.3 is 0 Å². The van der Waals surface area contributed by atoms with Crippen molar-refractivity contribution >= 4 is 5.82 Å². The molecular weight excluding hydrogens is 172 g/mol. The minimum Gasteiger partial charge on any atom is -0.367 e. The van der Waals surface area contributed by atoms with Crippen LogP contribution in [0.3, 0.4) is 0 Å². The first-order valence-corrected chi connectivity index (χ1v) is 5.45. The molecule has 0 radical (unpaired) electrons. The number of aryl methyl sites for hydroxylation is 1. The van der Waals surface area contributed by atoms with Crippen molar-refractivity contribution in [3.8, 4) is 0 Å². The molecule has 2 heteroatoms. The van der Waals surface area contributed by atoms with Gasteiger partial charge in [0.05, 0.1) is 0 Å². The van der Waals surface area contributed by atoms with Crippen molar-refractivity contribution in [2.24, 2.45) is 5.92 Å². The highest BCUT2D eigenvalue weighted by atomic mass is 15.0. The predicted molar refractivity (Wildman–Crippen MR) is 59.4 cm³/mol. The van der Waals surface area contributed by atoms with E-state index in [2.05, 4.69) is 30.2 Å². The Labute approximate surface area is 85.7 Å². The van der Waals surface area contributed by atoms with Gasteiger partial charge in [0.25, 0.3) is 0 Å². The van der Waals surface area contributed by atoms with Crippen LogP contribution in [0.4, 0.5) is 5.82 Å². The predicted octanol–water partition coefficient (Wildman–Crippen LogP) is 2.99. The molecule has 0 spiro atoms. The lowest BCUT2D eigenvalue weighted by Crippen LogP contribution is -2.31. The van der Waals surface area contributed by atoms with Crippen LogP contribution in [0.15, 0.2) is 18.3 Å². The summed E-state index contributed by atoms with van der Waals surface area (Å²) in [4.78, 5) is 4.31. The summed E-state index contributed by atoms with van der Waals surface area (Å²) in [5.41, 5.74) is 1.27. The first-order valence-electron chi connectivity index (χ1n) is 5.45. The van der Waals surface area contributed by atoms with Gasteiger partial charge in [-0.05, 0) is 50.3 Å². The van der Waals surface area contributed by atoms with Crippen molar-refractivity contribution in [2.45, 2.75) is 39.2 Å². The second-order valence-electron chi connectivity index (χ2n) is 4.34. The van der Waals surface area contributed by atoms with E-state index in [0.29, 0.717) is 6.04 Å². The van der Waals surface area contributed by atoms with E-state index in [4.69, 9.17) is 0 Å². The molecule has 14 heavy (non-hydrogen) atoms. The largest absolute Gasteiger partial charge is 0.367 e. The summed E-state index contributed by atoms with van der Waals surface area (Å²) in [7, 11) is 0. The van der Waals surface area contributed by atoms with E-state index < -0.39 is 0 Å². The number of rotatable bonds is 3. The smallest absolute Gasteiger partial charge is 0.126 e. The number of hydrogen-bond acceptors (Lipinski definition) is 2. The molecule has 2 nitrogen and oxygen atoms in total. The lowest BCUT2D eigenvalue weighted by molar-refractivity contribution is 0.285. The minimum atomic E-state index is 0.568. The van der Waals surface area contributed by atoms with E-state index in [9.17, 15) is 0 Å². The third-order valence-electron chi connectivity index (χ3n) is 3.15. The first-order chi connectivity index (χ1) is 6.75. The number of anilines is 1. The van der Waals surface area contributed by atoms with Gasteiger partial charge in [-0.3, -0.25) is 0 Å². The van der Waals surface area contributed by atoms with Gasteiger partial charge in [-0.1, -0.05) is 6.42 Å². The van der Waals surface area contributed by atoms with Crippen LogP contribution in [0, 0.1) is 12.8 Å². The molecule has 0 bridgehead atoms. The fraction of sp³-hybridized carbons (Fsp3) is 0.583. The Hall–Kier alpha value is -1.05. The minimum absolute atomic E-state index is 0.568. The van der Waals surface area contributed by atoms with E-state index in [1.807, 2.05) is 12.3 Å². The Bertz CT molecular complexity index is 305. The highest BCUT2D eigenvalue weighted by Crippen LogP contribution is 2.30. The molecule has 1 aromatic rings. The highest BCUT2D eigenvalue weighted by Gasteiger charge is 2.23. The van der Waals surface area contributed by atoms with Crippen molar-refractivity contribution in [3.05, 3.63) is 23.9 Å². The van der Waals surface area contributed by atoms with Crippen LogP contribution in [-0.4, -0.2) is 11.0 Å². The number of pyridine rings is 1. The summed E-state index contributed by atoms with van der Waals surface area (Å²) in [6.07, 6.45) is 6.02. The quantitative estimate of drug-likeness (QED) is 0.792. The molecule has 0 aromatic carbocycles. The average Bonchev–Trinajstić information content (AvgIpc) is 1.99. The van der Waals surface area contributed by atoms with Gasteiger partial charge in [-0.15, -0.1) is 0 Å². The molecule has 1 heterocycles. The van der Waals surface area contributed by atoms with Crippen molar-refractivity contribution in [1.29, 1.82) is 0 Å². The summed E-state index contributed by atoms with van der Waals surface area (Å²) in [6.45, 7) is 4.36. The van der Waals surface area contributed by atoms with Gasteiger partial charge in [0, 0.05) is 12.2 Å². The maximum atomic E-state index is 4.31. The van der Waals surface area contributed by atoms with Crippen molar-refractivity contribution < 1.29 is 0 Å². The van der Waals surface area contributed by atoms with E-state index >= 15 is 0 Å². The van der Waals surface area contributed by atoms with Crippen LogP contribution in [0.2, 0.25) is 0 Å². The Kier molecular flexibility index (Phi) is 2.71. The standard InChI is InChI=1S/C12H18N2/c1-9-6-7-13-12(8-9)14-10(2)11-4-3-5-11/h6-8,10-11H,3-5H2,1-2H3,(H,13,14). The van der Waals surface area contributed by atoms with E-state index in [0.717, 1.165) is 11.7 Å². The molecule has 1 aromatic heterocycles. The summed E-state index contributed by atoms with van der Waals surface area (Å²) >= 11 is 0. The van der Waals surface area contributed by atoms with E-state index in [1.54, 1.807) is 0 Å². The Morgan fingerprint density at radius 1 is 1.50 bits per heavy atom. The van der Waals surface area contributed by atoms with Gasteiger partial charge in [-0.2, -0.15) is 0 Å². The van der Waals surface area contributed by atoms with Crippen LogP contribution in [0.5, 0.6) is 0 Å². The van der Waals surface area contributed by atoms with Gasteiger partial charge in [0.15, 0.2) is 0 Å². The van der Waals surface area contributed by atoms with Crippen molar-refractivity contribution in [2.75, 3.05) is 5.32 Å². The number of aromatic nitrogens is 1. The fourth-order valence-electron chi connectivity index (χ4n) is 1.91. The molecular formula is C12H18N2. The van der Waals surface area contributed by atoms with Gasteiger partial charge in [0.2, 0.25) is 0 Å². The molecule has 1 N–H and O–H groups in total. The third-order valence-corrected chi connectivity index (χ3v) is 3.15. The average molecular weight is 190 g/mol. The molecule has 1 fully saturated rings. The lowest BCUT2D eigenvalue weighted by Gasteiger charge is -2.32. The Balaban J connectivity index is 1.95. The molecule has 1 unspecified atom stereocenters. The second-order valence-corrected chi connectivity index (χ2v) is 4.34. The molecule has 0 aliphatic heterocycles. The topological polar surface area (TPSA) is 24.9 Å². The molecule has 1 aliphatic carbocycles. The zero-order chi connectivity index (χ0) is 9.97. The number of nitrogens with zero attached hydrogens (tertiary/aromatic N) is 1. The van der Waals surface area contributed by atoms with Gasteiger partial charge in [-0.25, -0.2) is 4.98 Å². The Morgan fingerprint density at radius 2 is 2.29 bits per heavy atom.